The molecule has 2 N–H and O–H groups in total. The molecule has 1 fully saturated rings. The Morgan fingerprint density at radius 2 is 1.77 bits per heavy atom. The zero-order valence-corrected chi connectivity index (χ0v) is 18.5. The molecule has 1 aromatic heterocycles. The van der Waals surface area contributed by atoms with E-state index in [0.717, 1.165) is 47.6 Å². The third-order valence-electron chi connectivity index (χ3n) is 5.05. The quantitative estimate of drug-likeness (QED) is 0.670. The van der Waals surface area contributed by atoms with Crippen molar-refractivity contribution in [1.29, 1.82) is 0 Å². The molecule has 2 amide bonds. The first-order valence-electron chi connectivity index (χ1n) is 10.2. The summed E-state index contributed by atoms with van der Waals surface area (Å²) in [5.74, 6) is 0.412. The molecular weight excluding hydrogens is 402 g/mol. The Morgan fingerprint density at radius 3 is 2.43 bits per heavy atom. The first kappa shape index (κ1) is 22.2. The molecule has 1 aromatic carbocycles. The van der Waals surface area contributed by atoms with Gasteiger partial charge in [-0.25, -0.2) is 4.98 Å². The van der Waals surface area contributed by atoms with E-state index in [4.69, 9.17) is 9.47 Å². The minimum absolute atomic E-state index is 0.0209. The van der Waals surface area contributed by atoms with Crippen molar-refractivity contribution >= 4 is 23.2 Å². The van der Waals surface area contributed by atoms with Crippen LogP contribution in [0.5, 0.6) is 5.75 Å². The first-order valence-corrected chi connectivity index (χ1v) is 11.1. The third-order valence-corrected chi connectivity index (χ3v) is 5.87. The van der Waals surface area contributed by atoms with Crippen LogP contribution in [0.25, 0.3) is 0 Å². The summed E-state index contributed by atoms with van der Waals surface area (Å²) in [7, 11) is 1.49. The molecule has 2 atom stereocenters. The average Bonchev–Trinajstić information content (AvgIpc) is 3.17. The molecule has 1 heterocycles. The fraction of sp³-hybridized carbons (Fsp3) is 0.500. The van der Waals surface area contributed by atoms with Crippen molar-refractivity contribution in [3.05, 3.63) is 45.4 Å². The maximum Gasteiger partial charge on any atom is 0.271 e. The molecule has 0 radical (unpaired) electrons. The van der Waals surface area contributed by atoms with Crippen LogP contribution >= 0.6 is 11.3 Å². The zero-order chi connectivity index (χ0) is 21.5. The molecule has 2 aromatic rings. The van der Waals surface area contributed by atoms with Gasteiger partial charge in [-0.05, 0) is 49.9 Å². The number of amides is 2. The smallest absolute Gasteiger partial charge is 0.271 e. The molecule has 7 nitrogen and oxygen atoms in total. The number of carbonyl (C=O) groups is 2. The number of carbonyl (C=O) groups excluding carboxylic acids is 2. The predicted molar refractivity (Wildman–Crippen MR) is 116 cm³/mol. The number of nitrogens with zero attached hydrogens (tertiary/aromatic N) is 1. The standard InChI is InChI=1S/C22H29N3O4S/c1-14-8-15(2)10-16(9-14)29-12-21-24-19(13-30-21)22(27)25-18-7-5-4-6-17(18)23-20(26)11-28-3/h8-10,13,17-18H,4-7,11-12H2,1-3H3,(H,23,26)(H,25,27)/t17-,18-/m1/s1. The highest BCUT2D eigenvalue weighted by atomic mass is 32.1. The van der Waals surface area contributed by atoms with Crippen molar-refractivity contribution in [3.8, 4) is 5.75 Å². The highest BCUT2D eigenvalue weighted by Gasteiger charge is 2.28. The van der Waals surface area contributed by atoms with E-state index >= 15 is 0 Å². The molecule has 8 heteroatoms. The van der Waals surface area contributed by atoms with Gasteiger partial charge in [-0.1, -0.05) is 18.9 Å². The predicted octanol–water partition coefficient (Wildman–Crippen LogP) is 3.14. The number of hydrogen-bond donors (Lipinski definition) is 2. The number of benzene rings is 1. The van der Waals surface area contributed by atoms with E-state index in [9.17, 15) is 9.59 Å². The van der Waals surface area contributed by atoms with E-state index in [2.05, 4.69) is 21.7 Å². The largest absolute Gasteiger partial charge is 0.486 e. The molecular formula is C22H29N3O4S. The first-order chi connectivity index (χ1) is 14.4. The minimum atomic E-state index is -0.221. The Morgan fingerprint density at radius 1 is 1.10 bits per heavy atom. The van der Waals surface area contributed by atoms with Crippen LogP contribution in [0.3, 0.4) is 0 Å². The summed E-state index contributed by atoms with van der Waals surface area (Å²) >= 11 is 1.40. The summed E-state index contributed by atoms with van der Waals surface area (Å²) in [6.45, 7) is 4.40. The van der Waals surface area contributed by atoms with E-state index in [1.807, 2.05) is 26.0 Å². The second-order valence-corrected chi connectivity index (χ2v) is 8.65. The van der Waals surface area contributed by atoms with Gasteiger partial charge in [0.1, 0.15) is 29.7 Å². The van der Waals surface area contributed by atoms with Gasteiger partial charge in [0.05, 0.1) is 0 Å². The maximum atomic E-state index is 12.7. The van der Waals surface area contributed by atoms with Crippen molar-refractivity contribution in [2.45, 2.75) is 58.2 Å². The van der Waals surface area contributed by atoms with Gasteiger partial charge in [0.15, 0.2) is 0 Å². The molecule has 0 spiro atoms. The van der Waals surface area contributed by atoms with Crippen LogP contribution in [0.15, 0.2) is 23.6 Å². The van der Waals surface area contributed by atoms with Gasteiger partial charge in [-0.3, -0.25) is 9.59 Å². The van der Waals surface area contributed by atoms with Crippen LogP contribution in [-0.2, 0) is 16.1 Å². The van der Waals surface area contributed by atoms with E-state index in [1.54, 1.807) is 5.38 Å². The van der Waals surface area contributed by atoms with Gasteiger partial charge in [0.2, 0.25) is 5.91 Å². The number of nitrogens with one attached hydrogen (secondary N) is 2. The lowest BCUT2D eigenvalue weighted by atomic mass is 9.90. The van der Waals surface area contributed by atoms with Gasteiger partial charge >= 0.3 is 0 Å². The molecule has 1 aliphatic rings. The van der Waals surface area contributed by atoms with Gasteiger partial charge in [-0.15, -0.1) is 11.3 Å². The Bertz CT molecular complexity index is 863. The fourth-order valence-electron chi connectivity index (χ4n) is 3.74. The number of ether oxygens (including phenoxy) is 2. The number of aromatic nitrogens is 1. The topological polar surface area (TPSA) is 89.6 Å². The summed E-state index contributed by atoms with van der Waals surface area (Å²) in [5, 5.41) is 8.50. The summed E-state index contributed by atoms with van der Waals surface area (Å²) in [5.41, 5.74) is 2.67. The van der Waals surface area contributed by atoms with Crippen LogP contribution < -0.4 is 15.4 Å². The van der Waals surface area contributed by atoms with Gasteiger partial charge < -0.3 is 20.1 Å². The maximum absolute atomic E-state index is 12.7. The summed E-state index contributed by atoms with van der Waals surface area (Å²) in [4.78, 5) is 29.0. The molecule has 1 saturated carbocycles. The molecule has 30 heavy (non-hydrogen) atoms. The zero-order valence-electron chi connectivity index (χ0n) is 17.7. The van der Waals surface area contributed by atoms with E-state index in [0.29, 0.717) is 12.3 Å². The molecule has 0 aliphatic heterocycles. The second-order valence-electron chi connectivity index (χ2n) is 7.71. The van der Waals surface area contributed by atoms with Gasteiger partial charge in [0, 0.05) is 24.6 Å². The number of rotatable bonds is 8. The van der Waals surface area contributed by atoms with E-state index in [1.165, 1.54) is 18.4 Å². The Hall–Kier alpha value is -2.45. The number of thiazole rings is 1. The number of aryl methyl sites for hydroxylation is 2. The van der Waals surface area contributed by atoms with Crippen molar-refractivity contribution in [2.24, 2.45) is 0 Å². The lowest BCUT2D eigenvalue weighted by Crippen LogP contribution is -2.53. The number of hydrogen-bond acceptors (Lipinski definition) is 6. The van der Waals surface area contributed by atoms with Crippen LogP contribution in [0.1, 0.15) is 52.3 Å². The van der Waals surface area contributed by atoms with Gasteiger partial charge in [-0.2, -0.15) is 0 Å². The molecule has 0 unspecified atom stereocenters. The lowest BCUT2D eigenvalue weighted by molar-refractivity contribution is -0.125. The Kier molecular flexibility index (Phi) is 7.81. The molecule has 0 bridgehead atoms. The normalized spacial score (nSPS) is 18.6. The highest BCUT2D eigenvalue weighted by molar-refractivity contribution is 7.09. The third kappa shape index (κ3) is 6.27. The molecule has 0 saturated heterocycles. The van der Waals surface area contributed by atoms with E-state index in [-0.39, 0.29) is 30.5 Å². The summed E-state index contributed by atoms with van der Waals surface area (Å²) in [6, 6.07) is 5.86. The van der Waals surface area contributed by atoms with Crippen LogP contribution in [-0.4, -0.2) is 42.6 Å². The summed E-state index contributed by atoms with van der Waals surface area (Å²) < 4.78 is 10.7. The van der Waals surface area contributed by atoms with E-state index < -0.39 is 0 Å². The Labute approximate surface area is 181 Å². The highest BCUT2D eigenvalue weighted by Crippen LogP contribution is 2.21. The van der Waals surface area contributed by atoms with Crippen molar-refractivity contribution in [3.63, 3.8) is 0 Å². The van der Waals surface area contributed by atoms with Crippen molar-refractivity contribution < 1.29 is 19.1 Å². The average molecular weight is 432 g/mol. The van der Waals surface area contributed by atoms with Gasteiger partial charge in [0.25, 0.3) is 5.91 Å². The monoisotopic (exact) mass is 431 g/mol. The van der Waals surface area contributed by atoms with Crippen LogP contribution in [0, 0.1) is 13.8 Å². The Balaban J connectivity index is 1.56. The molecule has 3 rings (SSSR count). The van der Waals surface area contributed by atoms with Crippen LogP contribution in [0.2, 0.25) is 0 Å². The van der Waals surface area contributed by atoms with Crippen molar-refractivity contribution in [1.82, 2.24) is 15.6 Å². The molecule has 1 aliphatic carbocycles. The number of methoxy groups -OCH3 is 1. The minimum Gasteiger partial charge on any atom is -0.486 e. The van der Waals surface area contributed by atoms with Crippen LogP contribution in [0.4, 0.5) is 0 Å². The molecule has 162 valence electrons. The lowest BCUT2D eigenvalue weighted by Gasteiger charge is -2.32. The second kappa shape index (κ2) is 10.5. The van der Waals surface area contributed by atoms with Crippen molar-refractivity contribution in [2.75, 3.05) is 13.7 Å². The SMILES string of the molecule is COCC(=O)N[C@@H]1CCCC[C@H]1NC(=O)c1csc(COc2cc(C)cc(C)c2)n1. The summed E-state index contributed by atoms with van der Waals surface area (Å²) in [6.07, 6.45) is 3.72. The fourth-order valence-corrected chi connectivity index (χ4v) is 4.43.